The molecule has 9 heavy (non-hydrogen) atoms. The second kappa shape index (κ2) is 1.99. The van der Waals surface area contributed by atoms with Crippen LogP contribution in [-0.4, -0.2) is 24.2 Å². The number of carboxylic acid groups (broad SMARTS) is 1. The highest BCUT2D eigenvalue weighted by Gasteiger charge is 2.35. The molecular formula is C6H11NO2. The molecule has 1 aliphatic heterocycles. The molecule has 2 N–H and O–H groups in total. The van der Waals surface area contributed by atoms with Gasteiger partial charge in [-0.2, -0.15) is 0 Å². The zero-order chi connectivity index (χ0) is 6.91. The first-order valence-electron chi connectivity index (χ1n) is 3.09. The van der Waals surface area contributed by atoms with Gasteiger partial charge in [-0.25, -0.2) is 0 Å². The summed E-state index contributed by atoms with van der Waals surface area (Å²) in [6.45, 7) is 3.22. The molecule has 3 nitrogen and oxygen atoms in total. The van der Waals surface area contributed by atoms with Gasteiger partial charge in [-0.3, -0.25) is 4.79 Å². The van der Waals surface area contributed by atoms with Gasteiger partial charge < -0.3 is 10.4 Å². The van der Waals surface area contributed by atoms with Gasteiger partial charge in [0.15, 0.2) is 0 Å². The molecule has 1 saturated heterocycles. The maximum absolute atomic E-state index is 10.5. The van der Waals surface area contributed by atoms with Crippen LogP contribution in [0.3, 0.4) is 0 Å². The number of carboxylic acids is 1. The van der Waals surface area contributed by atoms with Crippen LogP contribution in [0.25, 0.3) is 0 Å². The molecule has 1 aliphatic rings. The number of hydrogen-bond acceptors (Lipinski definition) is 2. The standard InChI is InChI=1S/C6H11NO2/c1-6(5(8)9)2-3-7-4-6/h7H,2-4H2,1H3,(H,8,9)/t6-/m1/s1. The summed E-state index contributed by atoms with van der Waals surface area (Å²) >= 11 is 0. The third kappa shape index (κ3) is 1.05. The van der Waals surface area contributed by atoms with Crippen LogP contribution in [0.5, 0.6) is 0 Å². The van der Waals surface area contributed by atoms with Gasteiger partial charge in [-0.15, -0.1) is 0 Å². The van der Waals surface area contributed by atoms with Gasteiger partial charge >= 0.3 is 5.97 Å². The second-order valence-electron chi connectivity index (χ2n) is 2.79. The molecule has 0 aromatic heterocycles. The van der Waals surface area contributed by atoms with Crippen LogP contribution in [0.1, 0.15) is 13.3 Å². The highest BCUT2D eigenvalue weighted by Crippen LogP contribution is 2.23. The zero-order valence-electron chi connectivity index (χ0n) is 5.48. The Morgan fingerprint density at radius 2 is 2.44 bits per heavy atom. The number of rotatable bonds is 1. The predicted molar refractivity (Wildman–Crippen MR) is 33.2 cm³/mol. The van der Waals surface area contributed by atoms with Crippen molar-refractivity contribution in [2.24, 2.45) is 5.41 Å². The summed E-state index contributed by atoms with van der Waals surface area (Å²) in [5, 5.41) is 11.6. The zero-order valence-corrected chi connectivity index (χ0v) is 5.48. The van der Waals surface area contributed by atoms with Crippen LogP contribution in [-0.2, 0) is 4.79 Å². The van der Waals surface area contributed by atoms with E-state index >= 15 is 0 Å². The number of nitrogens with one attached hydrogen (secondary N) is 1. The Morgan fingerprint density at radius 1 is 1.78 bits per heavy atom. The molecule has 1 atom stereocenters. The molecule has 0 aliphatic carbocycles. The maximum Gasteiger partial charge on any atom is 0.310 e. The van der Waals surface area contributed by atoms with E-state index in [2.05, 4.69) is 5.32 Å². The Labute approximate surface area is 54.1 Å². The fourth-order valence-electron chi connectivity index (χ4n) is 0.999. The van der Waals surface area contributed by atoms with E-state index in [1.807, 2.05) is 0 Å². The Balaban J connectivity index is 2.61. The molecule has 0 aromatic carbocycles. The lowest BCUT2D eigenvalue weighted by Gasteiger charge is -2.14. The monoisotopic (exact) mass is 129 g/mol. The molecule has 1 heterocycles. The highest BCUT2D eigenvalue weighted by molar-refractivity contribution is 5.74. The van der Waals surface area contributed by atoms with Gasteiger partial charge in [0, 0.05) is 6.54 Å². The molecular weight excluding hydrogens is 118 g/mol. The smallest absolute Gasteiger partial charge is 0.310 e. The van der Waals surface area contributed by atoms with Crippen molar-refractivity contribution in [2.45, 2.75) is 13.3 Å². The quantitative estimate of drug-likeness (QED) is 0.526. The normalized spacial score (nSPS) is 34.8. The first-order chi connectivity index (χ1) is 4.15. The molecule has 3 heteroatoms. The van der Waals surface area contributed by atoms with Crippen molar-refractivity contribution in [2.75, 3.05) is 13.1 Å². The van der Waals surface area contributed by atoms with E-state index < -0.39 is 11.4 Å². The summed E-state index contributed by atoms with van der Waals surface area (Å²) in [4.78, 5) is 10.5. The lowest BCUT2D eigenvalue weighted by atomic mass is 9.90. The fraction of sp³-hybridized carbons (Fsp3) is 0.833. The maximum atomic E-state index is 10.5. The van der Waals surface area contributed by atoms with Crippen molar-refractivity contribution in [1.82, 2.24) is 5.32 Å². The van der Waals surface area contributed by atoms with Crippen LogP contribution < -0.4 is 5.32 Å². The first-order valence-corrected chi connectivity index (χ1v) is 3.09. The van der Waals surface area contributed by atoms with Crippen LogP contribution in [0.4, 0.5) is 0 Å². The Kier molecular flexibility index (Phi) is 1.45. The largest absolute Gasteiger partial charge is 0.481 e. The Bertz CT molecular complexity index is 127. The molecule has 0 spiro atoms. The van der Waals surface area contributed by atoms with Gasteiger partial charge in [-0.05, 0) is 19.9 Å². The van der Waals surface area contributed by atoms with Gasteiger partial charge in [0.05, 0.1) is 5.41 Å². The van der Waals surface area contributed by atoms with Crippen molar-refractivity contribution in [1.29, 1.82) is 0 Å². The van der Waals surface area contributed by atoms with E-state index in [1.165, 1.54) is 0 Å². The van der Waals surface area contributed by atoms with Crippen molar-refractivity contribution in [3.63, 3.8) is 0 Å². The molecule has 1 rings (SSSR count). The van der Waals surface area contributed by atoms with E-state index in [9.17, 15) is 4.79 Å². The van der Waals surface area contributed by atoms with E-state index in [0.29, 0.717) is 6.54 Å². The van der Waals surface area contributed by atoms with Crippen LogP contribution >= 0.6 is 0 Å². The summed E-state index contributed by atoms with van der Waals surface area (Å²) in [7, 11) is 0. The number of aliphatic carboxylic acids is 1. The topological polar surface area (TPSA) is 49.3 Å². The van der Waals surface area contributed by atoms with Crippen molar-refractivity contribution in [3.05, 3.63) is 0 Å². The Hall–Kier alpha value is -0.570. The van der Waals surface area contributed by atoms with Gasteiger partial charge in [0.1, 0.15) is 0 Å². The minimum Gasteiger partial charge on any atom is -0.481 e. The van der Waals surface area contributed by atoms with Crippen molar-refractivity contribution >= 4 is 5.97 Å². The first kappa shape index (κ1) is 6.55. The highest BCUT2D eigenvalue weighted by atomic mass is 16.4. The van der Waals surface area contributed by atoms with Crippen LogP contribution in [0, 0.1) is 5.41 Å². The van der Waals surface area contributed by atoms with E-state index in [-0.39, 0.29) is 0 Å². The third-order valence-electron chi connectivity index (χ3n) is 1.89. The van der Waals surface area contributed by atoms with Crippen LogP contribution in [0.2, 0.25) is 0 Å². The molecule has 0 amide bonds. The van der Waals surface area contributed by atoms with Crippen molar-refractivity contribution in [3.8, 4) is 0 Å². The minimum absolute atomic E-state index is 0.500. The second-order valence-corrected chi connectivity index (χ2v) is 2.79. The fourth-order valence-corrected chi connectivity index (χ4v) is 0.999. The minimum atomic E-state index is -0.688. The summed E-state index contributed by atoms with van der Waals surface area (Å²) < 4.78 is 0. The van der Waals surface area contributed by atoms with Crippen LogP contribution in [0.15, 0.2) is 0 Å². The van der Waals surface area contributed by atoms with Gasteiger partial charge in [-0.1, -0.05) is 0 Å². The molecule has 0 radical (unpaired) electrons. The molecule has 52 valence electrons. The molecule has 0 bridgehead atoms. The summed E-state index contributed by atoms with van der Waals surface area (Å²) in [5.41, 5.74) is -0.500. The van der Waals surface area contributed by atoms with E-state index in [1.54, 1.807) is 6.92 Å². The Morgan fingerprint density at radius 3 is 2.67 bits per heavy atom. The van der Waals surface area contributed by atoms with E-state index in [4.69, 9.17) is 5.11 Å². The SMILES string of the molecule is C[C@@]1(C(=O)O)CCNC1. The summed E-state index contributed by atoms with van der Waals surface area (Å²) in [6, 6.07) is 0. The van der Waals surface area contributed by atoms with E-state index in [0.717, 1.165) is 13.0 Å². The molecule has 0 aromatic rings. The lowest BCUT2D eigenvalue weighted by molar-refractivity contribution is -0.146. The third-order valence-corrected chi connectivity index (χ3v) is 1.89. The number of carbonyl (C=O) groups is 1. The van der Waals surface area contributed by atoms with Crippen molar-refractivity contribution < 1.29 is 9.90 Å². The molecule has 1 fully saturated rings. The average Bonchev–Trinajstić information content (AvgIpc) is 2.16. The number of hydrogen-bond donors (Lipinski definition) is 2. The summed E-state index contributed by atoms with van der Waals surface area (Å²) in [5.74, 6) is -0.688. The molecule has 0 unspecified atom stereocenters. The average molecular weight is 129 g/mol. The van der Waals surface area contributed by atoms with Gasteiger partial charge in [0.25, 0.3) is 0 Å². The molecule has 0 saturated carbocycles. The summed E-state index contributed by atoms with van der Waals surface area (Å²) in [6.07, 6.45) is 0.752. The lowest BCUT2D eigenvalue weighted by Crippen LogP contribution is -2.29. The predicted octanol–water partition coefficient (Wildman–Crippen LogP) is 0.0706. The van der Waals surface area contributed by atoms with Gasteiger partial charge in [0.2, 0.25) is 0 Å².